The van der Waals surface area contributed by atoms with Gasteiger partial charge in [0, 0.05) is 37.3 Å². The van der Waals surface area contributed by atoms with E-state index in [0.717, 1.165) is 36.5 Å². The molecule has 33 heavy (non-hydrogen) atoms. The Hall–Kier alpha value is -2.62. The zero-order valence-electron chi connectivity index (χ0n) is 19.9. The van der Waals surface area contributed by atoms with Gasteiger partial charge in [-0.2, -0.15) is 0 Å². The lowest BCUT2D eigenvalue weighted by atomic mass is 10.1. The first kappa shape index (κ1) is 28.4. The van der Waals surface area contributed by atoms with Crippen molar-refractivity contribution in [2.24, 2.45) is 4.99 Å². The lowest BCUT2D eigenvalue weighted by Gasteiger charge is -2.12. The van der Waals surface area contributed by atoms with Crippen molar-refractivity contribution in [2.45, 2.75) is 46.2 Å². The third kappa shape index (κ3) is 9.81. The van der Waals surface area contributed by atoms with E-state index in [2.05, 4.69) is 26.3 Å². The molecule has 180 valence electrons. The van der Waals surface area contributed by atoms with Crippen LogP contribution in [0.3, 0.4) is 0 Å². The number of guanidine groups is 1. The van der Waals surface area contributed by atoms with Gasteiger partial charge in [0.05, 0.1) is 6.54 Å². The van der Waals surface area contributed by atoms with Crippen molar-refractivity contribution in [3.8, 4) is 0 Å². The highest BCUT2D eigenvalue weighted by atomic mass is 127. The van der Waals surface area contributed by atoms with E-state index in [1.54, 1.807) is 13.1 Å². The fourth-order valence-corrected chi connectivity index (χ4v) is 3.02. The molecule has 1 unspecified atom stereocenters. The van der Waals surface area contributed by atoms with Crippen molar-refractivity contribution in [3.63, 3.8) is 0 Å². The molecule has 0 aliphatic rings. The molecule has 0 radical (unpaired) electrons. The minimum absolute atomic E-state index is 0. The molecule has 2 amide bonds. The lowest BCUT2D eigenvalue weighted by molar-refractivity contribution is 0.0936. The molecule has 0 saturated carbocycles. The van der Waals surface area contributed by atoms with Gasteiger partial charge >= 0.3 is 0 Å². The summed E-state index contributed by atoms with van der Waals surface area (Å²) >= 11 is 0. The number of carbonyl (C=O) groups excluding carboxylic acids is 2. The number of benzene rings is 2. The predicted molar refractivity (Wildman–Crippen MR) is 145 cm³/mol. The van der Waals surface area contributed by atoms with E-state index >= 15 is 0 Å². The monoisotopic (exact) mass is 565 g/mol. The van der Waals surface area contributed by atoms with Crippen LogP contribution in [0.5, 0.6) is 0 Å². The Kier molecular flexibility index (Phi) is 13.1. The van der Waals surface area contributed by atoms with Crippen LogP contribution < -0.4 is 21.3 Å². The summed E-state index contributed by atoms with van der Waals surface area (Å²) in [6.45, 7) is 8.02. The van der Waals surface area contributed by atoms with Gasteiger partial charge in [0.25, 0.3) is 11.8 Å². The molecule has 0 heterocycles. The molecule has 4 N–H and O–H groups in total. The average Bonchev–Trinajstić information content (AvgIpc) is 2.82. The van der Waals surface area contributed by atoms with Crippen LogP contribution in [0.4, 0.5) is 0 Å². The summed E-state index contributed by atoms with van der Waals surface area (Å²) in [5.41, 5.74) is 3.43. The van der Waals surface area contributed by atoms with E-state index in [1.165, 1.54) is 0 Å². The first-order chi connectivity index (χ1) is 15.5. The summed E-state index contributed by atoms with van der Waals surface area (Å²) < 4.78 is 0. The Bertz CT molecular complexity index is 915. The number of hydrogen-bond acceptors (Lipinski definition) is 3. The minimum atomic E-state index is -0.0851. The Balaban J connectivity index is 0.00000544. The standard InChI is InChI=1S/C25H35N5O2.HI/c1-5-18(3)30-24(32)21-12-10-20(11-13-21)17-29-25(27-6-2)28-15-14-19-8-7-9-22(16-19)23(31)26-4;/h7-13,16,18H,5-6,14-15,17H2,1-4H3,(H,26,31)(H,30,32)(H2,27,28,29);1H. The van der Waals surface area contributed by atoms with Crippen LogP contribution in [0, 0.1) is 0 Å². The summed E-state index contributed by atoms with van der Waals surface area (Å²) in [6.07, 6.45) is 1.67. The van der Waals surface area contributed by atoms with Gasteiger partial charge in [0.15, 0.2) is 5.96 Å². The summed E-state index contributed by atoms with van der Waals surface area (Å²) in [7, 11) is 1.63. The van der Waals surface area contributed by atoms with Crippen molar-refractivity contribution >= 4 is 41.8 Å². The van der Waals surface area contributed by atoms with E-state index in [0.29, 0.717) is 24.2 Å². The predicted octanol–water partition coefficient (Wildman–Crippen LogP) is 3.49. The minimum Gasteiger partial charge on any atom is -0.357 e. The van der Waals surface area contributed by atoms with E-state index in [4.69, 9.17) is 0 Å². The quantitative estimate of drug-likeness (QED) is 0.202. The maximum atomic E-state index is 12.2. The van der Waals surface area contributed by atoms with Crippen LogP contribution in [0.25, 0.3) is 0 Å². The second-order valence-corrected chi connectivity index (χ2v) is 7.63. The van der Waals surface area contributed by atoms with E-state index in [9.17, 15) is 9.59 Å². The topological polar surface area (TPSA) is 94.6 Å². The fraction of sp³-hybridized carbons (Fsp3) is 0.400. The molecule has 2 aromatic rings. The molecule has 0 aliphatic heterocycles. The van der Waals surface area contributed by atoms with Crippen LogP contribution >= 0.6 is 24.0 Å². The summed E-state index contributed by atoms with van der Waals surface area (Å²) in [5.74, 6) is 0.594. The Morgan fingerprint density at radius 1 is 0.939 bits per heavy atom. The number of carbonyl (C=O) groups is 2. The summed E-state index contributed by atoms with van der Waals surface area (Å²) in [6, 6.07) is 15.3. The number of nitrogens with one attached hydrogen (secondary N) is 4. The molecule has 0 aromatic heterocycles. The maximum Gasteiger partial charge on any atom is 0.251 e. The molecule has 7 nitrogen and oxygen atoms in total. The second kappa shape index (κ2) is 15.3. The first-order valence-electron chi connectivity index (χ1n) is 11.2. The van der Waals surface area contributed by atoms with Crippen molar-refractivity contribution in [2.75, 3.05) is 20.1 Å². The maximum absolute atomic E-state index is 12.2. The molecular weight excluding hydrogens is 529 g/mol. The Labute approximate surface area is 214 Å². The third-order valence-electron chi connectivity index (χ3n) is 5.09. The third-order valence-corrected chi connectivity index (χ3v) is 5.09. The first-order valence-corrected chi connectivity index (χ1v) is 11.2. The molecule has 8 heteroatoms. The highest BCUT2D eigenvalue weighted by molar-refractivity contribution is 14.0. The van der Waals surface area contributed by atoms with E-state index < -0.39 is 0 Å². The zero-order chi connectivity index (χ0) is 23.3. The molecule has 1 atom stereocenters. The number of halogens is 1. The average molecular weight is 566 g/mol. The lowest BCUT2D eigenvalue weighted by Crippen LogP contribution is -2.38. The number of amides is 2. The number of hydrogen-bond donors (Lipinski definition) is 4. The summed E-state index contributed by atoms with van der Waals surface area (Å²) in [4.78, 5) is 28.6. The normalized spacial score (nSPS) is 11.7. The Morgan fingerprint density at radius 3 is 2.30 bits per heavy atom. The van der Waals surface area contributed by atoms with Gasteiger partial charge in [-0.25, -0.2) is 4.99 Å². The molecular formula is C25H36IN5O2. The van der Waals surface area contributed by atoms with Gasteiger partial charge in [0.1, 0.15) is 0 Å². The van der Waals surface area contributed by atoms with Gasteiger partial charge in [-0.1, -0.05) is 31.2 Å². The van der Waals surface area contributed by atoms with Crippen molar-refractivity contribution in [3.05, 3.63) is 70.8 Å². The molecule has 2 rings (SSSR count). The van der Waals surface area contributed by atoms with Crippen LogP contribution in [-0.2, 0) is 13.0 Å². The highest BCUT2D eigenvalue weighted by Crippen LogP contribution is 2.07. The van der Waals surface area contributed by atoms with Gasteiger partial charge in [-0.3, -0.25) is 9.59 Å². The molecule has 0 fully saturated rings. The Morgan fingerprint density at radius 2 is 1.67 bits per heavy atom. The number of aliphatic imine (C=N–C) groups is 1. The van der Waals surface area contributed by atoms with Crippen molar-refractivity contribution < 1.29 is 9.59 Å². The smallest absolute Gasteiger partial charge is 0.251 e. The van der Waals surface area contributed by atoms with Gasteiger partial charge in [-0.15, -0.1) is 24.0 Å². The molecule has 0 saturated heterocycles. The van der Waals surface area contributed by atoms with Crippen LogP contribution in [0.1, 0.15) is 59.0 Å². The largest absolute Gasteiger partial charge is 0.357 e. The second-order valence-electron chi connectivity index (χ2n) is 7.63. The van der Waals surface area contributed by atoms with E-state index in [1.807, 2.05) is 63.2 Å². The van der Waals surface area contributed by atoms with Gasteiger partial charge in [0.2, 0.25) is 0 Å². The van der Waals surface area contributed by atoms with Crippen LogP contribution in [-0.4, -0.2) is 44.0 Å². The van der Waals surface area contributed by atoms with E-state index in [-0.39, 0.29) is 41.8 Å². The SMILES string of the molecule is CCNC(=NCc1ccc(C(=O)NC(C)CC)cc1)NCCc1cccc(C(=O)NC)c1.I. The number of rotatable bonds is 10. The fourth-order valence-electron chi connectivity index (χ4n) is 3.02. The summed E-state index contributed by atoms with van der Waals surface area (Å²) in [5, 5.41) is 12.2. The van der Waals surface area contributed by atoms with Gasteiger partial charge < -0.3 is 21.3 Å². The molecule has 0 aliphatic carbocycles. The molecule has 0 bridgehead atoms. The number of nitrogens with zero attached hydrogens (tertiary/aromatic N) is 1. The zero-order valence-corrected chi connectivity index (χ0v) is 22.2. The molecule has 0 spiro atoms. The van der Waals surface area contributed by atoms with Crippen molar-refractivity contribution in [1.82, 2.24) is 21.3 Å². The van der Waals surface area contributed by atoms with Crippen LogP contribution in [0.15, 0.2) is 53.5 Å². The molecule has 2 aromatic carbocycles. The van der Waals surface area contributed by atoms with Crippen molar-refractivity contribution in [1.29, 1.82) is 0 Å². The van der Waals surface area contributed by atoms with Crippen LogP contribution in [0.2, 0.25) is 0 Å². The van der Waals surface area contributed by atoms with Gasteiger partial charge in [-0.05, 0) is 62.1 Å². The highest BCUT2D eigenvalue weighted by Gasteiger charge is 2.08.